The van der Waals surface area contributed by atoms with Crippen LogP contribution in [0.25, 0.3) is 0 Å². The summed E-state index contributed by atoms with van der Waals surface area (Å²) in [6.45, 7) is 0. The molecule has 17 heavy (non-hydrogen) atoms. The molecule has 0 amide bonds. The van der Waals surface area contributed by atoms with Crippen LogP contribution in [-0.4, -0.2) is 10.7 Å². The van der Waals surface area contributed by atoms with Gasteiger partial charge >= 0.3 is 0 Å². The number of carbonyl (C=O) groups is 1. The van der Waals surface area contributed by atoms with Gasteiger partial charge in [-0.05, 0) is 18.4 Å². The number of aryl methyl sites for hydroxylation is 1. The van der Waals surface area contributed by atoms with Crippen LogP contribution in [0.1, 0.15) is 24.8 Å². The Balaban J connectivity index is 2.40. The number of hydrogen-bond acceptors (Lipinski definition) is 4. The van der Waals surface area contributed by atoms with E-state index in [0.717, 1.165) is 5.56 Å². The smallest absolute Gasteiger partial charge is 0.269 e. The van der Waals surface area contributed by atoms with E-state index in [9.17, 15) is 14.9 Å². The lowest BCUT2D eigenvalue weighted by molar-refractivity contribution is -0.384. The Kier molecular flexibility index (Phi) is 4.82. The van der Waals surface area contributed by atoms with Crippen molar-refractivity contribution in [1.29, 1.82) is 5.26 Å². The zero-order chi connectivity index (χ0) is 12.7. The number of nitro benzene ring substituents is 1. The number of benzene rings is 1. The molecule has 5 nitrogen and oxygen atoms in total. The second-order valence-electron chi connectivity index (χ2n) is 3.65. The van der Waals surface area contributed by atoms with Crippen molar-refractivity contribution in [3.63, 3.8) is 0 Å². The second kappa shape index (κ2) is 6.38. The van der Waals surface area contributed by atoms with Gasteiger partial charge in [-0.3, -0.25) is 14.9 Å². The summed E-state index contributed by atoms with van der Waals surface area (Å²) in [5.41, 5.74) is 1.02. The minimum Gasteiger partial charge on any atom is -0.299 e. The summed E-state index contributed by atoms with van der Waals surface area (Å²) in [6.07, 6.45) is 1.69. The van der Waals surface area contributed by atoms with Gasteiger partial charge in [0.25, 0.3) is 5.69 Å². The topological polar surface area (TPSA) is 84.0 Å². The van der Waals surface area contributed by atoms with Gasteiger partial charge in [-0.2, -0.15) is 5.26 Å². The maximum absolute atomic E-state index is 11.1. The summed E-state index contributed by atoms with van der Waals surface area (Å²) in [5, 5.41) is 18.7. The van der Waals surface area contributed by atoms with E-state index in [1.807, 2.05) is 6.07 Å². The molecule has 0 N–H and O–H groups in total. The van der Waals surface area contributed by atoms with Crippen molar-refractivity contribution in [3.8, 4) is 6.07 Å². The molecule has 0 aliphatic rings. The molecule has 0 unspecified atom stereocenters. The molecule has 1 aromatic rings. The molecule has 1 aromatic carbocycles. The van der Waals surface area contributed by atoms with Crippen LogP contribution >= 0.6 is 0 Å². The first-order chi connectivity index (χ1) is 8.13. The zero-order valence-electron chi connectivity index (χ0n) is 9.26. The van der Waals surface area contributed by atoms with Crippen LogP contribution < -0.4 is 0 Å². The van der Waals surface area contributed by atoms with Crippen molar-refractivity contribution < 1.29 is 9.72 Å². The third kappa shape index (κ3) is 4.43. The Labute approximate surface area is 98.8 Å². The SMILES string of the molecule is N#CCC(=O)CCCc1ccc([N+](=O)[O-])cc1. The summed E-state index contributed by atoms with van der Waals surface area (Å²) in [6, 6.07) is 8.09. The molecule has 1 rings (SSSR count). The van der Waals surface area contributed by atoms with E-state index >= 15 is 0 Å². The van der Waals surface area contributed by atoms with E-state index < -0.39 is 4.92 Å². The minimum absolute atomic E-state index is 0.0414. The van der Waals surface area contributed by atoms with Gasteiger partial charge in [0, 0.05) is 18.6 Å². The standard InChI is InChI=1S/C12H12N2O3/c13-9-8-12(15)3-1-2-10-4-6-11(7-5-10)14(16)17/h4-7H,1-3,8H2. The average molecular weight is 232 g/mol. The number of nitrogens with zero attached hydrogens (tertiary/aromatic N) is 2. The molecule has 0 bridgehead atoms. The molecule has 0 saturated carbocycles. The number of rotatable bonds is 6. The third-order valence-electron chi connectivity index (χ3n) is 2.34. The number of non-ortho nitro benzene ring substituents is 1. The summed E-state index contributed by atoms with van der Waals surface area (Å²) >= 11 is 0. The highest BCUT2D eigenvalue weighted by molar-refractivity contribution is 5.80. The predicted molar refractivity (Wildman–Crippen MR) is 61.3 cm³/mol. The van der Waals surface area contributed by atoms with Crippen molar-refractivity contribution >= 4 is 11.5 Å². The van der Waals surface area contributed by atoms with Gasteiger partial charge in [0.2, 0.25) is 0 Å². The van der Waals surface area contributed by atoms with E-state index in [-0.39, 0.29) is 17.9 Å². The number of ketones is 1. The van der Waals surface area contributed by atoms with Gasteiger partial charge in [-0.25, -0.2) is 0 Å². The Morgan fingerprint density at radius 3 is 2.53 bits per heavy atom. The molecule has 0 aliphatic carbocycles. The first-order valence-corrected chi connectivity index (χ1v) is 5.25. The Morgan fingerprint density at radius 2 is 2.00 bits per heavy atom. The normalized spacial score (nSPS) is 9.59. The third-order valence-corrected chi connectivity index (χ3v) is 2.34. The molecule has 88 valence electrons. The van der Waals surface area contributed by atoms with Crippen LogP contribution in [0.2, 0.25) is 0 Å². The van der Waals surface area contributed by atoms with Crippen LogP contribution in [-0.2, 0) is 11.2 Å². The van der Waals surface area contributed by atoms with Crippen molar-refractivity contribution in [3.05, 3.63) is 39.9 Å². The summed E-state index contributed by atoms with van der Waals surface area (Å²) in [5.74, 6) is -0.0607. The molecule has 0 spiro atoms. The van der Waals surface area contributed by atoms with E-state index in [1.54, 1.807) is 12.1 Å². The highest BCUT2D eigenvalue weighted by Gasteiger charge is 2.05. The fraction of sp³-hybridized carbons (Fsp3) is 0.333. The number of nitro groups is 1. The van der Waals surface area contributed by atoms with Crippen LogP contribution in [0.3, 0.4) is 0 Å². The monoisotopic (exact) mass is 232 g/mol. The Hall–Kier alpha value is -2.22. The summed E-state index contributed by atoms with van der Waals surface area (Å²) in [4.78, 5) is 21.0. The highest BCUT2D eigenvalue weighted by Crippen LogP contribution is 2.13. The van der Waals surface area contributed by atoms with E-state index in [2.05, 4.69) is 0 Å². The number of Topliss-reactive ketones (excluding diaryl/α,β-unsaturated/α-hetero) is 1. The first-order valence-electron chi connectivity index (χ1n) is 5.25. The Morgan fingerprint density at radius 1 is 1.35 bits per heavy atom. The molecule has 0 heterocycles. The largest absolute Gasteiger partial charge is 0.299 e. The van der Waals surface area contributed by atoms with Crippen molar-refractivity contribution in [2.45, 2.75) is 25.7 Å². The summed E-state index contributed by atoms with van der Waals surface area (Å²) < 4.78 is 0. The second-order valence-corrected chi connectivity index (χ2v) is 3.65. The Bertz CT molecular complexity index is 446. The fourth-order valence-corrected chi connectivity index (χ4v) is 1.45. The molecule has 0 fully saturated rings. The molecular formula is C12H12N2O3. The average Bonchev–Trinajstić information content (AvgIpc) is 2.30. The van der Waals surface area contributed by atoms with Gasteiger partial charge in [0.05, 0.1) is 17.4 Å². The molecule has 0 saturated heterocycles. The molecule has 5 heteroatoms. The van der Waals surface area contributed by atoms with Crippen LogP contribution in [0.5, 0.6) is 0 Å². The fourth-order valence-electron chi connectivity index (χ4n) is 1.45. The molecule has 0 aliphatic heterocycles. The van der Waals surface area contributed by atoms with Crippen molar-refractivity contribution in [2.75, 3.05) is 0 Å². The van der Waals surface area contributed by atoms with Gasteiger partial charge < -0.3 is 0 Å². The molecule has 0 atom stereocenters. The van der Waals surface area contributed by atoms with Crippen molar-refractivity contribution in [2.24, 2.45) is 0 Å². The molecular weight excluding hydrogens is 220 g/mol. The van der Waals surface area contributed by atoms with Crippen LogP contribution in [0.15, 0.2) is 24.3 Å². The zero-order valence-corrected chi connectivity index (χ0v) is 9.26. The highest BCUT2D eigenvalue weighted by atomic mass is 16.6. The van der Waals surface area contributed by atoms with Crippen molar-refractivity contribution in [1.82, 2.24) is 0 Å². The summed E-state index contributed by atoms with van der Waals surface area (Å²) in [7, 11) is 0. The van der Waals surface area contributed by atoms with Gasteiger partial charge in [-0.1, -0.05) is 12.1 Å². The quantitative estimate of drug-likeness (QED) is 0.556. The lowest BCUT2D eigenvalue weighted by atomic mass is 10.1. The first kappa shape index (κ1) is 12.8. The maximum atomic E-state index is 11.1. The van der Waals surface area contributed by atoms with Gasteiger partial charge in [-0.15, -0.1) is 0 Å². The number of nitriles is 1. The number of hydrogen-bond donors (Lipinski definition) is 0. The van der Waals surface area contributed by atoms with Gasteiger partial charge in [0.1, 0.15) is 5.78 Å². The molecule has 0 radical (unpaired) electrons. The molecule has 0 aromatic heterocycles. The van der Waals surface area contributed by atoms with Crippen LogP contribution in [0.4, 0.5) is 5.69 Å². The minimum atomic E-state index is -0.444. The maximum Gasteiger partial charge on any atom is 0.269 e. The van der Waals surface area contributed by atoms with E-state index in [0.29, 0.717) is 19.3 Å². The van der Waals surface area contributed by atoms with Crippen LogP contribution in [0, 0.1) is 21.4 Å². The predicted octanol–water partition coefficient (Wildman–Crippen LogP) is 2.40. The lowest BCUT2D eigenvalue weighted by Gasteiger charge is -1.99. The lowest BCUT2D eigenvalue weighted by Crippen LogP contribution is -1.97. The van der Waals surface area contributed by atoms with Gasteiger partial charge in [0.15, 0.2) is 0 Å². The number of carbonyl (C=O) groups excluding carboxylic acids is 1. The van der Waals surface area contributed by atoms with E-state index in [4.69, 9.17) is 5.26 Å². The van der Waals surface area contributed by atoms with E-state index in [1.165, 1.54) is 12.1 Å².